The van der Waals surface area contributed by atoms with Gasteiger partial charge in [-0.25, -0.2) is 0 Å². The smallest absolute Gasteiger partial charge is 0.294 e. The van der Waals surface area contributed by atoms with E-state index < -0.39 is 10.1 Å². The molecule has 0 atom stereocenters. The summed E-state index contributed by atoms with van der Waals surface area (Å²) in [7, 11) is -2.14. The van der Waals surface area contributed by atoms with E-state index in [4.69, 9.17) is 4.55 Å². The van der Waals surface area contributed by atoms with Crippen molar-refractivity contribution in [3.8, 4) is 0 Å². The first kappa shape index (κ1) is 15.1. The minimum absolute atomic E-state index is 0.0666. The molecule has 2 N–H and O–H groups in total. The van der Waals surface area contributed by atoms with E-state index in [1.807, 2.05) is 26.1 Å². The maximum atomic E-state index is 10.5. The van der Waals surface area contributed by atoms with Crippen LogP contribution < -0.4 is 5.32 Å². The first-order valence-electron chi connectivity index (χ1n) is 5.55. The van der Waals surface area contributed by atoms with Crippen LogP contribution in [0.2, 0.25) is 0 Å². The fraction of sp³-hybridized carbons (Fsp3) is 0.154. The molecule has 0 radical (unpaired) electrons. The fourth-order valence-electron chi connectivity index (χ4n) is 1.23. The van der Waals surface area contributed by atoms with Crippen LogP contribution in [0.1, 0.15) is 5.56 Å². The maximum absolute atomic E-state index is 10.5. The van der Waals surface area contributed by atoms with Crippen molar-refractivity contribution in [2.24, 2.45) is 0 Å². The fourth-order valence-corrected chi connectivity index (χ4v) is 1.71. The van der Waals surface area contributed by atoms with Crippen LogP contribution in [0.4, 0.5) is 5.69 Å². The van der Waals surface area contributed by atoms with E-state index in [0.29, 0.717) is 0 Å². The molecule has 0 unspecified atom stereocenters. The number of benzene rings is 1. The maximum Gasteiger partial charge on any atom is 0.294 e. The van der Waals surface area contributed by atoms with Gasteiger partial charge in [-0.3, -0.25) is 9.54 Å². The largest absolute Gasteiger partial charge is 0.388 e. The number of aromatic nitrogens is 1. The lowest BCUT2D eigenvalue weighted by atomic mass is 10.2. The van der Waals surface area contributed by atoms with Gasteiger partial charge in [0.2, 0.25) is 0 Å². The normalized spacial score (nSPS) is 10.3. The molecule has 0 spiro atoms. The Bertz CT molecular complexity index is 596. The van der Waals surface area contributed by atoms with Crippen molar-refractivity contribution in [1.82, 2.24) is 4.98 Å². The Morgan fingerprint density at radius 2 is 1.58 bits per heavy atom. The predicted molar refractivity (Wildman–Crippen MR) is 74.8 cm³/mol. The van der Waals surface area contributed by atoms with Crippen LogP contribution in [0.15, 0.2) is 53.7 Å². The van der Waals surface area contributed by atoms with Gasteiger partial charge in [0.25, 0.3) is 10.1 Å². The summed E-state index contributed by atoms with van der Waals surface area (Å²) in [5, 5.41) is 2.99. The zero-order chi connectivity index (χ0) is 14.3. The Labute approximate surface area is 113 Å². The standard InChI is InChI=1S/C7H8O3S.C6H8N2/c1-6-2-4-7(5-3-6)11(8,9)10;1-7-6-2-4-8-5-3-6/h2-5H,1H3,(H,8,9,10);2-5H,1H3,(H,7,8). The lowest BCUT2D eigenvalue weighted by Crippen LogP contribution is -1.96. The van der Waals surface area contributed by atoms with Gasteiger partial charge in [-0.05, 0) is 31.2 Å². The molecule has 0 aliphatic rings. The highest BCUT2D eigenvalue weighted by Gasteiger charge is 2.06. The number of hydrogen-bond donors (Lipinski definition) is 2. The van der Waals surface area contributed by atoms with E-state index in [-0.39, 0.29) is 4.90 Å². The zero-order valence-corrected chi connectivity index (χ0v) is 11.6. The summed E-state index contributed by atoms with van der Waals surface area (Å²) in [6.07, 6.45) is 3.51. The summed E-state index contributed by atoms with van der Waals surface area (Å²) in [6.45, 7) is 1.84. The van der Waals surface area contributed by atoms with Crippen molar-refractivity contribution in [2.75, 3.05) is 12.4 Å². The van der Waals surface area contributed by atoms with Gasteiger partial charge < -0.3 is 5.32 Å². The number of nitrogens with one attached hydrogen (secondary N) is 1. The zero-order valence-electron chi connectivity index (χ0n) is 10.7. The first-order chi connectivity index (χ1) is 8.93. The van der Waals surface area contributed by atoms with Gasteiger partial charge in [0.15, 0.2) is 0 Å². The van der Waals surface area contributed by atoms with Crippen molar-refractivity contribution >= 4 is 15.8 Å². The Kier molecular flexibility index (Phi) is 5.47. The van der Waals surface area contributed by atoms with Gasteiger partial charge in [0.05, 0.1) is 4.90 Å². The summed E-state index contributed by atoms with van der Waals surface area (Å²) < 4.78 is 29.6. The molecule has 0 fully saturated rings. The minimum atomic E-state index is -4.02. The lowest BCUT2D eigenvalue weighted by molar-refractivity contribution is 0.483. The highest BCUT2D eigenvalue weighted by molar-refractivity contribution is 7.85. The van der Waals surface area contributed by atoms with E-state index in [0.717, 1.165) is 11.3 Å². The SMILES string of the molecule is CNc1ccncc1.Cc1ccc(S(=O)(=O)O)cc1. The number of anilines is 1. The predicted octanol–water partition coefficient (Wildman–Crippen LogP) is 2.37. The first-order valence-corrected chi connectivity index (χ1v) is 6.99. The van der Waals surface area contributed by atoms with E-state index in [1.165, 1.54) is 12.1 Å². The van der Waals surface area contributed by atoms with Gasteiger partial charge in [0.1, 0.15) is 0 Å². The van der Waals surface area contributed by atoms with Crippen LogP contribution in [-0.4, -0.2) is 25.0 Å². The third kappa shape index (κ3) is 5.50. The van der Waals surface area contributed by atoms with Crippen LogP contribution in [0.25, 0.3) is 0 Å². The van der Waals surface area contributed by atoms with Crippen LogP contribution >= 0.6 is 0 Å². The molecule has 0 saturated heterocycles. The van der Waals surface area contributed by atoms with Gasteiger partial charge in [-0.15, -0.1) is 0 Å². The van der Waals surface area contributed by atoms with Crippen molar-refractivity contribution in [3.05, 3.63) is 54.4 Å². The molecular formula is C13H16N2O3S. The van der Waals surface area contributed by atoms with Crippen LogP contribution in [-0.2, 0) is 10.1 Å². The molecule has 6 heteroatoms. The van der Waals surface area contributed by atoms with E-state index >= 15 is 0 Å². The van der Waals surface area contributed by atoms with Crippen molar-refractivity contribution in [1.29, 1.82) is 0 Å². The average Bonchev–Trinajstić information content (AvgIpc) is 2.40. The molecule has 2 rings (SSSR count). The summed E-state index contributed by atoms with van der Waals surface area (Å²) in [4.78, 5) is 3.79. The second-order valence-corrected chi connectivity index (χ2v) is 5.20. The molecule has 19 heavy (non-hydrogen) atoms. The highest BCUT2D eigenvalue weighted by atomic mass is 32.2. The van der Waals surface area contributed by atoms with Crippen LogP contribution in [0.5, 0.6) is 0 Å². The number of pyridine rings is 1. The molecule has 0 saturated carbocycles. The van der Waals surface area contributed by atoms with Gasteiger partial charge in [-0.1, -0.05) is 17.7 Å². The molecule has 1 aromatic carbocycles. The number of aryl methyl sites for hydroxylation is 1. The molecule has 2 aromatic rings. The topological polar surface area (TPSA) is 79.3 Å². The second kappa shape index (κ2) is 6.86. The number of hydrogen-bond acceptors (Lipinski definition) is 4. The Hall–Kier alpha value is -1.92. The Morgan fingerprint density at radius 3 is 1.95 bits per heavy atom. The summed E-state index contributed by atoms with van der Waals surface area (Å²) in [5.74, 6) is 0. The molecule has 0 amide bonds. The van der Waals surface area contributed by atoms with Crippen molar-refractivity contribution < 1.29 is 13.0 Å². The van der Waals surface area contributed by atoms with Crippen LogP contribution in [0, 0.1) is 6.92 Å². The van der Waals surface area contributed by atoms with Crippen LogP contribution in [0.3, 0.4) is 0 Å². The molecule has 1 aromatic heterocycles. The van der Waals surface area contributed by atoms with Gasteiger partial charge >= 0.3 is 0 Å². The summed E-state index contributed by atoms with van der Waals surface area (Å²) in [5.41, 5.74) is 2.05. The molecule has 1 heterocycles. The molecule has 102 valence electrons. The van der Waals surface area contributed by atoms with Gasteiger partial charge in [0, 0.05) is 25.1 Å². The molecular weight excluding hydrogens is 264 g/mol. The van der Waals surface area contributed by atoms with E-state index in [2.05, 4.69) is 10.3 Å². The lowest BCUT2D eigenvalue weighted by Gasteiger charge is -1.95. The molecule has 0 aliphatic carbocycles. The quantitative estimate of drug-likeness (QED) is 0.826. The van der Waals surface area contributed by atoms with Crippen molar-refractivity contribution in [2.45, 2.75) is 11.8 Å². The molecule has 0 aliphatic heterocycles. The van der Waals surface area contributed by atoms with E-state index in [9.17, 15) is 8.42 Å². The minimum Gasteiger partial charge on any atom is -0.388 e. The van der Waals surface area contributed by atoms with Gasteiger partial charge in [-0.2, -0.15) is 8.42 Å². The number of rotatable bonds is 2. The van der Waals surface area contributed by atoms with Crippen molar-refractivity contribution in [3.63, 3.8) is 0 Å². The number of nitrogens with zero attached hydrogens (tertiary/aromatic N) is 1. The summed E-state index contributed by atoms with van der Waals surface area (Å²) in [6, 6.07) is 9.82. The second-order valence-electron chi connectivity index (χ2n) is 3.77. The Morgan fingerprint density at radius 1 is 1.05 bits per heavy atom. The third-order valence-corrected chi connectivity index (χ3v) is 3.16. The average molecular weight is 280 g/mol. The summed E-state index contributed by atoms with van der Waals surface area (Å²) >= 11 is 0. The molecule has 0 bridgehead atoms. The highest BCUT2D eigenvalue weighted by Crippen LogP contribution is 2.08. The third-order valence-electron chi connectivity index (χ3n) is 2.29. The molecule has 5 nitrogen and oxygen atoms in total. The Balaban J connectivity index is 0.000000200. The van der Waals surface area contributed by atoms with E-state index in [1.54, 1.807) is 24.5 Å². The monoisotopic (exact) mass is 280 g/mol.